The van der Waals surface area contributed by atoms with E-state index in [0.29, 0.717) is 68.9 Å². The molecule has 4 aromatic heterocycles. The Bertz CT molecular complexity index is 2630. The maximum absolute atomic E-state index is 13.2. The zero-order valence-corrected chi connectivity index (χ0v) is 35.0. The number of nitrogens with two attached hydrogens (primary N) is 1. The molecular weight excluding hydrogens is 807 g/mol. The van der Waals surface area contributed by atoms with Crippen molar-refractivity contribution in [3.8, 4) is 23.3 Å². The Morgan fingerprint density at radius 3 is 2.17 bits per heavy atom. The molecule has 63 heavy (non-hydrogen) atoms. The van der Waals surface area contributed by atoms with Crippen LogP contribution in [-0.4, -0.2) is 102 Å². The zero-order chi connectivity index (χ0) is 42.9. The normalized spacial score (nSPS) is 18.4. The van der Waals surface area contributed by atoms with Gasteiger partial charge >= 0.3 is 11.8 Å². The quantitative estimate of drug-likeness (QED) is 0.148. The highest BCUT2D eigenvalue weighted by atomic mass is 16.6. The smallest absolute Gasteiger partial charge is 0.412 e. The van der Waals surface area contributed by atoms with E-state index >= 15 is 0 Å². The first-order valence-electron chi connectivity index (χ1n) is 21.4. The van der Waals surface area contributed by atoms with Crippen molar-refractivity contribution in [2.45, 2.75) is 64.7 Å². The minimum absolute atomic E-state index is 0.210. The van der Waals surface area contributed by atoms with E-state index in [9.17, 15) is 9.59 Å². The Morgan fingerprint density at radius 2 is 1.46 bits per heavy atom. The molecule has 2 atom stereocenters. The van der Waals surface area contributed by atoms with Crippen LogP contribution < -0.4 is 29.2 Å². The molecule has 18 nitrogen and oxygen atoms in total. The van der Waals surface area contributed by atoms with E-state index in [1.54, 1.807) is 13.1 Å². The van der Waals surface area contributed by atoms with Gasteiger partial charge in [0.2, 0.25) is 11.6 Å². The second-order valence-electron chi connectivity index (χ2n) is 16.0. The summed E-state index contributed by atoms with van der Waals surface area (Å²) in [6.07, 6.45) is 2.48. The second kappa shape index (κ2) is 17.5. The number of carbonyl (C=O) groups is 2. The van der Waals surface area contributed by atoms with Gasteiger partial charge in [0.05, 0.1) is 23.9 Å². The maximum atomic E-state index is 13.2. The predicted molar refractivity (Wildman–Crippen MR) is 223 cm³/mol. The number of hydrogen-bond donors (Lipinski definition) is 1. The van der Waals surface area contributed by atoms with Gasteiger partial charge in [0.25, 0.3) is 17.7 Å². The highest BCUT2D eigenvalue weighted by Gasteiger charge is 2.35. The number of pyridine rings is 2. The maximum Gasteiger partial charge on any atom is 0.412 e. The number of esters is 1. The monoisotopic (exact) mass is 854 g/mol. The summed E-state index contributed by atoms with van der Waals surface area (Å²) in [5.41, 5.74) is 10.6. The lowest BCUT2D eigenvalue weighted by molar-refractivity contribution is -0.704. The number of nitrogens with zero attached hydrogens (tertiary/aromatic N) is 10. The van der Waals surface area contributed by atoms with Gasteiger partial charge in [-0.2, -0.15) is 0 Å². The van der Waals surface area contributed by atoms with Crippen molar-refractivity contribution in [3.05, 3.63) is 130 Å². The Kier molecular flexibility index (Phi) is 11.1. The van der Waals surface area contributed by atoms with Gasteiger partial charge in [-0.15, -0.1) is 14.9 Å². The first-order chi connectivity index (χ1) is 30.8. The van der Waals surface area contributed by atoms with Crippen molar-refractivity contribution >= 4 is 11.9 Å². The van der Waals surface area contributed by atoms with Crippen molar-refractivity contribution in [1.29, 1.82) is 0 Å². The first kappa shape index (κ1) is 40.2. The van der Waals surface area contributed by atoms with E-state index in [0.717, 1.165) is 73.3 Å². The Hall–Kier alpha value is -6.92. The first-order valence-corrected chi connectivity index (χ1v) is 21.4. The molecule has 0 fully saturated rings. The third kappa shape index (κ3) is 8.50. The molecule has 10 rings (SSSR count). The van der Waals surface area contributed by atoms with E-state index in [1.165, 1.54) is 5.56 Å². The summed E-state index contributed by atoms with van der Waals surface area (Å²) in [5.74, 6) is 3.34. The van der Waals surface area contributed by atoms with E-state index < -0.39 is 11.9 Å². The summed E-state index contributed by atoms with van der Waals surface area (Å²) in [6, 6.07) is 24.3. The van der Waals surface area contributed by atoms with Crippen LogP contribution in [0.15, 0.2) is 79.0 Å². The van der Waals surface area contributed by atoms with Gasteiger partial charge < -0.3 is 34.0 Å². The van der Waals surface area contributed by atoms with Crippen LogP contribution in [0.5, 0.6) is 23.3 Å². The number of benzene rings is 2. The standard InChI is InChI=1S/C45H47N11O7/c1-2-59-45(58)42-51-56(39-16-19-53(21-23-55(39)42)25-30-5-9-31(10-6-30)36-27-60-34-4-3-17-47-43(34)62-36)26-33-13-14-35-44(48-33)63-37(28-61-35)32-11-7-29(8-12-32)24-52-18-15-38-49-50-41(40(46)57)54(38)22-20-52/h3-14,17,36-37H,2,15-16,18-28H2,1H3,(H-,46,57)/p+1. The van der Waals surface area contributed by atoms with Crippen molar-refractivity contribution in [3.63, 3.8) is 0 Å². The largest absolute Gasteiger partial charge is 0.484 e. The lowest BCUT2D eigenvalue weighted by Crippen LogP contribution is -2.44. The van der Waals surface area contributed by atoms with Crippen LogP contribution in [0.2, 0.25) is 0 Å². The summed E-state index contributed by atoms with van der Waals surface area (Å²) >= 11 is 0. The molecule has 8 heterocycles. The topological polar surface area (TPSA) is 191 Å². The molecule has 6 aromatic rings. The predicted octanol–water partition coefficient (Wildman–Crippen LogP) is 3.02. The van der Waals surface area contributed by atoms with E-state index in [4.69, 9.17) is 39.5 Å². The Labute approximate surface area is 363 Å². The van der Waals surface area contributed by atoms with Gasteiger partial charge in [0.1, 0.15) is 25.6 Å². The third-order valence-electron chi connectivity index (χ3n) is 11.9. The van der Waals surface area contributed by atoms with Crippen LogP contribution >= 0.6 is 0 Å². The summed E-state index contributed by atoms with van der Waals surface area (Å²) in [7, 11) is 0. The number of carbonyl (C=O) groups excluding carboxylic acids is 2. The Balaban J connectivity index is 0.783. The van der Waals surface area contributed by atoms with E-state index in [-0.39, 0.29) is 30.5 Å². The van der Waals surface area contributed by atoms with Gasteiger partial charge in [-0.25, -0.2) is 19.3 Å². The van der Waals surface area contributed by atoms with Crippen molar-refractivity contribution in [1.82, 2.24) is 44.3 Å². The average Bonchev–Trinajstić information content (AvgIpc) is 3.73. The van der Waals surface area contributed by atoms with Gasteiger partial charge in [-0.1, -0.05) is 48.5 Å². The van der Waals surface area contributed by atoms with Gasteiger partial charge in [0, 0.05) is 64.9 Å². The number of hydrogen-bond acceptors (Lipinski definition) is 14. The van der Waals surface area contributed by atoms with Crippen LogP contribution in [0.25, 0.3) is 0 Å². The summed E-state index contributed by atoms with van der Waals surface area (Å²) in [4.78, 5) is 38.9. The molecule has 0 saturated heterocycles. The molecule has 0 spiro atoms. The third-order valence-corrected chi connectivity index (χ3v) is 11.9. The molecule has 2 aromatic carbocycles. The van der Waals surface area contributed by atoms with Crippen LogP contribution in [0, 0.1) is 0 Å². The fourth-order valence-corrected chi connectivity index (χ4v) is 8.60. The highest BCUT2D eigenvalue weighted by Crippen LogP contribution is 2.36. The zero-order valence-electron chi connectivity index (χ0n) is 35.0. The van der Waals surface area contributed by atoms with Crippen LogP contribution in [0.4, 0.5) is 0 Å². The van der Waals surface area contributed by atoms with E-state index in [1.807, 2.05) is 38.1 Å². The molecule has 4 aliphatic heterocycles. The summed E-state index contributed by atoms with van der Waals surface area (Å²) in [5, 5.41) is 12.9. The minimum Gasteiger partial charge on any atom is -0.484 e. The molecule has 0 bridgehead atoms. The molecular formula is C45H48N11O7+. The van der Waals surface area contributed by atoms with Gasteiger partial charge in [-0.05, 0) is 53.4 Å². The van der Waals surface area contributed by atoms with Crippen LogP contribution in [-0.2, 0) is 50.3 Å². The fourth-order valence-electron chi connectivity index (χ4n) is 8.60. The summed E-state index contributed by atoms with van der Waals surface area (Å²) < 4.78 is 35.7. The van der Waals surface area contributed by atoms with Gasteiger partial charge in [0.15, 0.2) is 23.7 Å². The van der Waals surface area contributed by atoms with Crippen LogP contribution in [0.3, 0.4) is 0 Å². The van der Waals surface area contributed by atoms with Crippen molar-refractivity contribution in [2.75, 3.05) is 46.0 Å². The molecule has 2 unspecified atom stereocenters. The molecule has 0 aliphatic carbocycles. The van der Waals surface area contributed by atoms with E-state index in [2.05, 4.69) is 73.5 Å². The van der Waals surface area contributed by atoms with Gasteiger partial charge in [-0.3, -0.25) is 14.6 Å². The second-order valence-corrected chi connectivity index (χ2v) is 16.0. The molecule has 18 heteroatoms. The number of aromatic nitrogens is 8. The number of amides is 1. The minimum atomic E-state index is -0.563. The lowest BCUT2D eigenvalue weighted by Gasteiger charge is -2.26. The molecule has 4 aliphatic rings. The fraction of sp³-hybridized carbons (Fsp3) is 0.378. The SMILES string of the molecule is CCOC(=O)c1nn(Cc2ccc3c(n2)OC(c2ccc(CN4CCc5nnc(C(N)=O)n5CC4)cc2)CO3)c2[n+]1CCN(Cc1ccc(C3COc4cccnc4O3)cc1)CC2. The van der Waals surface area contributed by atoms with Crippen LogP contribution in [0.1, 0.15) is 80.0 Å². The highest BCUT2D eigenvalue weighted by molar-refractivity contribution is 5.89. The molecule has 0 saturated carbocycles. The van der Waals surface area contributed by atoms with Crippen molar-refractivity contribution < 1.29 is 37.8 Å². The molecule has 0 radical (unpaired) electrons. The Morgan fingerprint density at radius 1 is 0.778 bits per heavy atom. The molecule has 2 N–H and O–H groups in total. The summed E-state index contributed by atoms with van der Waals surface area (Å²) in [6.45, 7) is 8.88. The number of primary amides is 1. The van der Waals surface area contributed by atoms with Crippen molar-refractivity contribution in [2.24, 2.45) is 5.73 Å². The molecule has 1 amide bonds. The lowest BCUT2D eigenvalue weighted by atomic mass is 10.1. The average molecular weight is 855 g/mol. The number of rotatable bonds is 11. The molecule has 324 valence electrons. The number of ether oxygens (including phenoxy) is 5. The number of fused-ring (bicyclic) bond motifs is 4.